The first-order valence-electron chi connectivity index (χ1n) is 11.0. The van der Waals surface area contributed by atoms with E-state index in [4.69, 9.17) is 5.11 Å². The van der Waals surface area contributed by atoms with Crippen molar-refractivity contribution in [1.29, 1.82) is 0 Å². The summed E-state index contributed by atoms with van der Waals surface area (Å²) in [5.74, 6) is 0.445. The number of carbonyl (C=O) groups is 4. The van der Waals surface area contributed by atoms with E-state index >= 15 is 0 Å². The summed E-state index contributed by atoms with van der Waals surface area (Å²) in [5.41, 5.74) is -0.562. The monoisotopic (exact) mass is 388 g/mol. The molecular weight excluding hydrogens is 356 g/mol. The summed E-state index contributed by atoms with van der Waals surface area (Å²) in [7, 11) is 0. The lowest BCUT2D eigenvalue weighted by molar-refractivity contribution is -0.165. The Morgan fingerprint density at radius 1 is 1.07 bits per heavy atom. The summed E-state index contributed by atoms with van der Waals surface area (Å²) >= 11 is 0. The first-order chi connectivity index (χ1) is 13.2. The van der Waals surface area contributed by atoms with Crippen LogP contribution >= 0.6 is 0 Å². The first-order valence-corrected chi connectivity index (χ1v) is 11.0. The van der Waals surface area contributed by atoms with Gasteiger partial charge in [0.1, 0.15) is 17.3 Å². The zero-order valence-corrected chi connectivity index (χ0v) is 17.0. The van der Waals surface area contributed by atoms with Gasteiger partial charge in [0.05, 0.1) is 0 Å². The minimum absolute atomic E-state index is 0.0541. The predicted octanol–water partition coefficient (Wildman–Crippen LogP) is 3.83. The molecule has 4 aliphatic carbocycles. The van der Waals surface area contributed by atoms with Crippen LogP contribution in [-0.2, 0) is 19.2 Å². The van der Waals surface area contributed by atoms with Gasteiger partial charge in [0.25, 0.3) is 0 Å². The Hall–Kier alpha value is -1.52. The second kappa shape index (κ2) is 6.77. The molecule has 0 radical (unpaired) electrons. The Balaban J connectivity index is 1.60. The lowest BCUT2D eigenvalue weighted by atomic mass is 9.44. The molecule has 0 aromatic rings. The average Bonchev–Trinajstić information content (AvgIpc) is 2.95. The van der Waals surface area contributed by atoms with Crippen LogP contribution in [0.25, 0.3) is 0 Å². The zero-order chi connectivity index (χ0) is 20.3. The molecule has 0 amide bonds. The van der Waals surface area contributed by atoms with Gasteiger partial charge in [-0.2, -0.15) is 0 Å². The van der Waals surface area contributed by atoms with Crippen molar-refractivity contribution in [2.24, 2.45) is 40.4 Å². The van der Waals surface area contributed by atoms with Crippen molar-refractivity contribution >= 4 is 23.3 Å². The maximum atomic E-state index is 13.5. The lowest BCUT2D eigenvalue weighted by Gasteiger charge is -2.58. The van der Waals surface area contributed by atoms with Crippen LogP contribution in [0.5, 0.6) is 0 Å². The van der Waals surface area contributed by atoms with E-state index in [-0.39, 0.29) is 58.8 Å². The molecule has 7 unspecified atom stereocenters. The van der Waals surface area contributed by atoms with Crippen LogP contribution in [0.15, 0.2) is 0 Å². The number of ketones is 3. The lowest BCUT2D eigenvalue weighted by Crippen LogP contribution is -2.59. The highest BCUT2D eigenvalue weighted by Crippen LogP contribution is 2.65. The number of aliphatic carboxylic acids is 1. The van der Waals surface area contributed by atoms with E-state index in [0.717, 1.165) is 25.7 Å². The number of hydrogen-bond donors (Lipinski definition) is 1. The smallest absolute Gasteiger partial charge is 0.303 e. The van der Waals surface area contributed by atoms with Crippen LogP contribution in [-0.4, -0.2) is 28.4 Å². The van der Waals surface area contributed by atoms with Crippen molar-refractivity contribution in [3.05, 3.63) is 0 Å². The Kier molecular flexibility index (Phi) is 4.79. The van der Waals surface area contributed by atoms with Crippen molar-refractivity contribution in [1.82, 2.24) is 0 Å². The normalized spacial score (nSPS) is 45.4. The van der Waals surface area contributed by atoms with Crippen molar-refractivity contribution in [2.75, 3.05) is 0 Å². The van der Waals surface area contributed by atoms with Gasteiger partial charge in [-0.1, -0.05) is 13.8 Å². The molecular formula is C23H32O5. The maximum Gasteiger partial charge on any atom is 0.303 e. The van der Waals surface area contributed by atoms with Crippen LogP contribution in [0, 0.1) is 40.4 Å². The van der Waals surface area contributed by atoms with Gasteiger partial charge in [-0.3, -0.25) is 19.2 Å². The molecule has 28 heavy (non-hydrogen) atoms. The highest BCUT2D eigenvalue weighted by atomic mass is 16.4. The molecule has 0 heterocycles. The SMILES string of the molecule is CC12CCC(=O)CC1CC(=O)C1C2CC(=O)C2(C)C(CCCC(=O)O)CCC12. The van der Waals surface area contributed by atoms with Crippen molar-refractivity contribution < 1.29 is 24.3 Å². The quantitative estimate of drug-likeness (QED) is 0.791. The van der Waals surface area contributed by atoms with E-state index in [0.29, 0.717) is 32.1 Å². The highest BCUT2D eigenvalue weighted by Gasteiger charge is 2.65. The summed E-state index contributed by atoms with van der Waals surface area (Å²) in [5, 5.41) is 8.95. The molecule has 0 saturated heterocycles. The summed E-state index contributed by atoms with van der Waals surface area (Å²) in [6, 6.07) is 0. The molecule has 4 aliphatic rings. The van der Waals surface area contributed by atoms with Crippen LogP contribution in [0.3, 0.4) is 0 Å². The fraction of sp³-hybridized carbons (Fsp3) is 0.826. The third-order valence-electron chi connectivity index (χ3n) is 9.28. The van der Waals surface area contributed by atoms with Crippen LogP contribution < -0.4 is 0 Å². The van der Waals surface area contributed by atoms with Crippen molar-refractivity contribution in [3.8, 4) is 0 Å². The minimum Gasteiger partial charge on any atom is -0.481 e. The van der Waals surface area contributed by atoms with E-state index < -0.39 is 11.4 Å². The molecule has 4 rings (SSSR count). The number of carboxylic acids is 1. The van der Waals surface area contributed by atoms with Gasteiger partial charge in [0.2, 0.25) is 0 Å². The molecule has 0 bridgehead atoms. The fourth-order valence-electron chi connectivity index (χ4n) is 7.53. The number of carboxylic acid groups (broad SMARTS) is 1. The summed E-state index contributed by atoms with van der Waals surface area (Å²) in [6.45, 7) is 4.28. The number of fused-ring (bicyclic) bond motifs is 5. The van der Waals surface area contributed by atoms with E-state index in [1.165, 1.54) is 0 Å². The molecule has 1 N–H and O–H groups in total. The van der Waals surface area contributed by atoms with E-state index in [1.807, 2.05) is 0 Å². The van der Waals surface area contributed by atoms with E-state index in [1.54, 1.807) is 0 Å². The number of rotatable bonds is 4. The van der Waals surface area contributed by atoms with E-state index in [9.17, 15) is 19.2 Å². The molecule has 7 atom stereocenters. The predicted molar refractivity (Wildman–Crippen MR) is 102 cm³/mol. The molecule has 5 heteroatoms. The molecule has 0 aromatic carbocycles. The minimum atomic E-state index is -0.789. The topological polar surface area (TPSA) is 88.5 Å². The van der Waals surface area contributed by atoms with Crippen LogP contribution in [0.4, 0.5) is 0 Å². The molecule has 0 aliphatic heterocycles. The van der Waals surface area contributed by atoms with Gasteiger partial charge in [0.15, 0.2) is 0 Å². The van der Waals surface area contributed by atoms with Crippen molar-refractivity contribution in [2.45, 2.75) is 78.1 Å². The summed E-state index contributed by atoms with van der Waals surface area (Å²) in [4.78, 5) is 49.6. The average molecular weight is 389 g/mol. The first kappa shape index (κ1) is 19.8. The maximum absolute atomic E-state index is 13.5. The van der Waals surface area contributed by atoms with Gasteiger partial charge in [0, 0.05) is 43.4 Å². The molecule has 154 valence electrons. The Labute approximate surface area is 166 Å². The molecule has 0 aromatic heterocycles. The van der Waals surface area contributed by atoms with Crippen molar-refractivity contribution in [3.63, 3.8) is 0 Å². The Bertz CT molecular complexity index is 727. The molecule has 5 nitrogen and oxygen atoms in total. The number of Topliss-reactive ketones (excluding diaryl/α,β-unsaturated/α-hetero) is 3. The summed E-state index contributed by atoms with van der Waals surface area (Å²) in [6.07, 6.45) is 6.15. The van der Waals surface area contributed by atoms with Gasteiger partial charge in [-0.25, -0.2) is 0 Å². The third-order valence-corrected chi connectivity index (χ3v) is 9.28. The number of carbonyl (C=O) groups excluding carboxylic acids is 3. The van der Waals surface area contributed by atoms with Gasteiger partial charge in [-0.15, -0.1) is 0 Å². The largest absolute Gasteiger partial charge is 0.481 e. The van der Waals surface area contributed by atoms with Gasteiger partial charge >= 0.3 is 5.97 Å². The van der Waals surface area contributed by atoms with Gasteiger partial charge < -0.3 is 5.11 Å². The van der Waals surface area contributed by atoms with Crippen LogP contribution in [0.2, 0.25) is 0 Å². The van der Waals surface area contributed by atoms with Gasteiger partial charge in [-0.05, 0) is 61.2 Å². The number of hydrogen-bond acceptors (Lipinski definition) is 4. The summed E-state index contributed by atoms with van der Waals surface area (Å²) < 4.78 is 0. The van der Waals surface area contributed by atoms with Crippen LogP contribution in [0.1, 0.15) is 78.1 Å². The van der Waals surface area contributed by atoms with E-state index in [2.05, 4.69) is 13.8 Å². The molecule has 4 fully saturated rings. The Morgan fingerprint density at radius 2 is 1.82 bits per heavy atom. The zero-order valence-electron chi connectivity index (χ0n) is 17.0. The Morgan fingerprint density at radius 3 is 2.54 bits per heavy atom. The third kappa shape index (κ3) is 2.80. The fourth-order valence-corrected chi connectivity index (χ4v) is 7.53. The second-order valence-corrected chi connectivity index (χ2v) is 10.3. The molecule has 0 spiro atoms. The highest BCUT2D eigenvalue weighted by molar-refractivity contribution is 5.93. The standard InChI is InChI=1S/C23H32O5/c1-22-9-8-15(24)10-14(22)11-18(25)21-16-7-6-13(4-3-5-20(27)28)23(16,2)19(26)12-17(21)22/h13-14,16-17,21H,3-12H2,1-2H3,(H,27,28). The second-order valence-electron chi connectivity index (χ2n) is 10.3. The molecule has 4 saturated carbocycles.